The van der Waals surface area contributed by atoms with Gasteiger partial charge >= 0.3 is 0 Å². The van der Waals surface area contributed by atoms with Gasteiger partial charge in [-0.2, -0.15) is 0 Å². The first-order valence-corrected chi connectivity index (χ1v) is 7.04. The molecule has 0 aliphatic carbocycles. The van der Waals surface area contributed by atoms with E-state index in [1.807, 2.05) is 6.07 Å². The fourth-order valence-electron chi connectivity index (χ4n) is 3.43. The van der Waals surface area contributed by atoms with Gasteiger partial charge in [0.25, 0.3) is 0 Å². The first-order chi connectivity index (χ1) is 8.68. The first kappa shape index (κ1) is 13.6. The molecule has 0 atom stereocenters. The molecule has 0 unspecified atom stereocenters. The summed E-state index contributed by atoms with van der Waals surface area (Å²) in [6.45, 7) is 5.67. The number of ether oxygens (including phenoxy) is 1. The van der Waals surface area contributed by atoms with Crippen molar-refractivity contribution in [3.63, 3.8) is 0 Å². The summed E-state index contributed by atoms with van der Waals surface area (Å²) in [7, 11) is 0. The summed E-state index contributed by atoms with van der Waals surface area (Å²) in [5, 5.41) is 11.1. The zero-order valence-corrected chi connectivity index (χ0v) is 11.5. The molecule has 1 heterocycles. The van der Waals surface area contributed by atoms with Crippen LogP contribution < -0.4 is 0 Å². The molecule has 1 saturated heterocycles. The third-order valence-corrected chi connectivity index (χ3v) is 4.73. The Morgan fingerprint density at radius 2 is 1.67 bits per heavy atom. The molecule has 0 bridgehead atoms. The molecule has 18 heavy (non-hydrogen) atoms. The van der Waals surface area contributed by atoms with Gasteiger partial charge in [-0.3, -0.25) is 0 Å². The maximum Gasteiger partial charge on any atom is 0.0740 e. The van der Waals surface area contributed by atoms with Gasteiger partial charge < -0.3 is 9.84 Å². The zero-order valence-electron chi connectivity index (χ0n) is 11.5. The highest BCUT2D eigenvalue weighted by Gasteiger charge is 2.49. The molecule has 0 aromatic heterocycles. The van der Waals surface area contributed by atoms with Gasteiger partial charge in [0.15, 0.2) is 0 Å². The van der Waals surface area contributed by atoms with Gasteiger partial charge in [0.05, 0.1) is 5.60 Å². The molecule has 1 fully saturated rings. The van der Waals surface area contributed by atoms with E-state index < -0.39 is 5.60 Å². The Labute approximate surface area is 110 Å². The second-order valence-corrected chi connectivity index (χ2v) is 5.30. The number of benzene rings is 1. The van der Waals surface area contributed by atoms with E-state index in [1.54, 1.807) is 0 Å². The minimum Gasteiger partial charge on any atom is -0.389 e. The molecule has 1 N–H and O–H groups in total. The molecular weight excluding hydrogens is 224 g/mol. The van der Waals surface area contributed by atoms with Crippen molar-refractivity contribution < 1.29 is 9.84 Å². The Kier molecular flexibility index (Phi) is 4.08. The van der Waals surface area contributed by atoms with Gasteiger partial charge in [-0.15, -0.1) is 0 Å². The maximum absolute atomic E-state index is 11.1. The van der Waals surface area contributed by atoms with Crippen LogP contribution in [-0.4, -0.2) is 23.9 Å². The highest BCUT2D eigenvalue weighted by Crippen LogP contribution is 2.47. The average Bonchev–Trinajstić information content (AvgIpc) is 2.48. The van der Waals surface area contributed by atoms with E-state index >= 15 is 0 Å². The topological polar surface area (TPSA) is 29.5 Å². The number of hydrogen-bond acceptors (Lipinski definition) is 2. The predicted molar refractivity (Wildman–Crippen MR) is 73.7 cm³/mol. The molecule has 1 aliphatic heterocycles. The Morgan fingerprint density at radius 3 is 2.17 bits per heavy atom. The normalized spacial score (nSPS) is 19.7. The van der Waals surface area contributed by atoms with Crippen molar-refractivity contribution >= 4 is 0 Å². The minimum absolute atomic E-state index is 0.143. The smallest absolute Gasteiger partial charge is 0.0740 e. The molecule has 1 aliphatic rings. The molecule has 2 rings (SSSR count). The molecule has 2 nitrogen and oxygen atoms in total. The van der Waals surface area contributed by atoms with Crippen LogP contribution >= 0.6 is 0 Å². The average molecular weight is 248 g/mol. The Bertz CT molecular complexity index is 362. The summed E-state index contributed by atoms with van der Waals surface area (Å²) in [5.74, 6) is 0. The molecule has 0 amide bonds. The minimum atomic E-state index is -0.627. The molecule has 0 spiro atoms. The van der Waals surface area contributed by atoms with Crippen molar-refractivity contribution in [1.82, 2.24) is 0 Å². The van der Waals surface area contributed by atoms with Gasteiger partial charge in [-0.05, 0) is 31.2 Å². The third kappa shape index (κ3) is 2.08. The molecular formula is C16H24O2. The fraction of sp³-hybridized carbons (Fsp3) is 0.625. The third-order valence-electron chi connectivity index (χ3n) is 4.73. The molecule has 2 heteroatoms. The van der Waals surface area contributed by atoms with Crippen molar-refractivity contribution in [2.45, 2.75) is 50.5 Å². The van der Waals surface area contributed by atoms with E-state index in [0.717, 1.165) is 38.9 Å². The summed E-state index contributed by atoms with van der Waals surface area (Å²) in [5.41, 5.74) is 0.494. The predicted octanol–water partition coefficient (Wildman–Crippen LogP) is 3.29. The molecule has 100 valence electrons. The van der Waals surface area contributed by atoms with Crippen LogP contribution in [0.4, 0.5) is 0 Å². The van der Waals surface area contributed by atoms with Crippen molar-refractivity contribution in [1.29, 1.82) is 0 Å². The van der Waals surface area contributed by atoms with Gasteiger partial charge in [0.2, 0.25) is 0 Å². The van der Waals surface area contributed by atoms with Gasteiger partial charge in [0.1, 0.15) is 0 Å². The second kappa shape index (κ2) is 5.41. The lowest BCUT2D eigenvalue weighted by Crippen LogP contribution is -2.54. The van der Waals surface area contributed by atoms with Crippen molar-refractivity contribution in [3.8, 4) is 0 Å². The largest absolute Gasteiger partial charge is 0.389 e. The Hall–Kier alpha value is -0.860. The lowest BCUT2D eigenvalue weighted by molar-refractivity contribution is -0.0934. The van der Waals surface area contributed by atoms with Crippen LogP contribution in [-0.2, 0) is 10.2 Å². The van der Waals surface area contributed by atoms with Gasteiger partial charge in [0, 0.05) is 18.6 Å². The number of hydrogen-bond donors (Lipinski definition) is 1. The Morgan fingerprint density at radius 1 is 1.11 bits per heavy atom. The molecule has 1 aromatic rings. The SMILES string of the molecule is CCC(O)(CC)C1(c2ccccc2)CCOCC1. The van der Waals surface area contributed by atoms with Crippen LogP contribution in [0.25, 0.3) is 0 Å². The van der Waals surface area contributed by atoms with E-state index in [9.17, 15) is 5.11 Å². The van der Waals surface area contributed by atoms with E-state index in [2.05, 4.69) is 38.1 Å². The quantitative estimate of drug-likeness (QED) is 0.886. The van der Waals surface area contributed by atoms with E-state index in [0.29, 0.717) is 0 Å². The molecule has 0 radical (unpaired) electrons. The van der Waals surface area contributed by atoms with Crippen molar-refractivity contribution in [3.05, 3.63) is 35.9 Å². The summed E-state index contributed by atoms with van der Waals surface area (Å²) in [6, 6.07) is 10.5. The first-order valence-electron chi connectivity index (χ1n) is 7.04. The van der Waals surface area contributed by atoms with Crippen molar-refractivity contribution in [2.75, 3.05) is 13.2 Å². The lowest BCUT2D eigenvalue weighted by Gasteiger charge is -2.49. The second-order valence-electron chi connectivity index (χ2n) is 5.30. The fourth-order valence-corrected chi connectivity index (χ4v) is 3.43. The van der Waals surface area contributed by atoms with Crippen molar-refractivity contribution in [2.24, 2.45) is 0 Å². The lowest BCUT2D eigenvalue weighted by atomic mass is 9.61. The maximum atomic E-state index is 11.1. The highest BCUT2D eigenvalue weighted by atomic mass is 16.5. The molecule has 1 aromatic carbocycles. The van der Waals surface area contributed by atoms with Gasteiger partial charge in [-0.1, -0.05) is 44.2 Å². The van der Waals surface area contributed by atoms with Crippen LogP contribution in [0.1, 0.15) is 45.1 Å². The number of aliphatic hydroxyl groups is 1. The van der Waals surface area contributed by atoms with E-state index in [-0.39, 0.29) is 5.41 Å². The Balaban J connectivity index is 2.47. The standard InChI is InChI=1S/C16H24O2/c1-3-16(17,4-2)15(10-12-18-13-11-15)14-8-6-5-7-9-14/h5-9,17H,3-4,10-13H2,1-2H3. The van der Waals surface area contributed by atoms with E-state index in [4.69, 9.17) is 4.74 Å². The summed E-state index contributed by atoms with van der Waals surface area (Å²) in [6.07, 6.45) is 3.40. The van der Waals surface area contributed by atoms with Gasteiger partial charge in [-0.25, -0.2) is 0 Å². The van der Waals surface area contributed by atoms with Crippen LogP contribution in [0.5, 0.6) is 0 Å². The summed E-state index contributed by atoms with van der Waals surface area (Å²) >= 11 is 0. The van der Waals surface area contributed by atoms with Crippen LogP contribution in [0, 0.1) is 0 Å². The van der Waals surface area contributed by atoms with Crippen LogP contribution in [0.15, 0.2) is 30.3 Å². The van der Waals surface area contributed by atoms with Crippen LogP contribution in [0.2, 0.25) is 0 Å². The summed E-state index contributed by atoms with van der Waals surface area (Å²) < 4.78 is 5.52. The number of rotatable bonds is 4. The summed E-state index contributed by atoms with van der Waals surface area (Å²) in [4.78, 5) is 0. The van der Waals surface area contributed by atoms with E-state index in [1.165, 1.54) is 5.56 Å². The monoisotopic (exact) mass is 248 g/mol. The zero-order chi connectivity index (χ0) is 13.1. The molecule has 0 saturated carbocycles. The van der Waals surface area contributed by atoms with Crippen LogP contribution in [0.3, 0.4) is 0 Å². The highest BCUT2D eigenvalue weighted by molar-refractivity contribution is 5.30.